The number of unbranched alkanes of at least 4 members (excludes halogenated alkanes) is 3. The number of rotatable bonds is 6. The quantitative estimate of drug-likeness (QED) is 0.662. The van der Waals surface area contributed by atoms with Gasteiger partial charge in [0, 0.05) is 0 Å². The third-order valence-electron chi connectivity index (χ3n) is 4.64. The van der Waals surface area contributed by atoms with E-state index in [2.05, 4.69) is 6.92 Å². The van der Waals surface area contributed by atoms with E-state index in [1.54, 1.807) is 0 Å². The van der Waals surface area contributed by atoms with Crippen LogP contribution in [0.1, 0.15) is 64.7 Å². The van der Waals surface area contributed by atoms with Gasteiger partial charge in [-0.25, -0.2) is 0 Å². The molecule has 1 N–H and O–H groups in total. The molecule has 2 aliphatic rings. The Morgan fingerprint density at radius 1 is 1.13 bits per heavy atom. The zero-order valence-corrected chi connectivity index (χ0v) is 10.1. The van der Waals surface area contributed by atoms with E-state index in [4.69, 9.17) is 0 Å². The Hall–Kier alpha value is -0.0400. The summed E-state index contributed by atoms with van der Waals surface area (Å²) in [4.78, 5) is 0. The molecular formula is C14H26O. The maximum Gasteiger partial charge on any atom is 0.0571 e. The third kappa shape index (κ3) is 2.75. The molecular weight excluding hydrogens is 184 g/mol. The summed E-state index contributed by atoms with van der Waals surface area (Å²) in [6, 6.07) is 0. The molecule has 0 aromatic rings. The first kappa shape index (κ1) is 11.4. The van der Waals surface area contributed by atoms with E-state index in [0.717, 1.165) is 18.3 Å². The molecule has 2 rings (SSSR count). The Morgan fingerprint density at radius 2 is 2.00 bits per heavy atom. The summed E-state index contributed by atoms with van der Waals surface area (Å²) >= 11 is 0. The number of aliphatic hydroxyl groups excluding tert-OH is 1. The number of aliphatic hydroxyl groups is 1. The Kier molecular flexibility index (Phi) is 4.07. The summed E-state index contributed by atoms with van der Waals surface area (Å²) in [5.74, 6) is 2.53. The van der Waals surface area contributed by atoms with Gasteiger partial charge in [-0.15, -0.1) is 0 Å². The molecule has 1 nitrogen and oxygen atoms in total. The number of hydrogen-bond acceptors (Lipinski definition) is 1. The molecule has 0 amide bonds. The lowest BCUT2D eigenvalue weighted by Gasteiger charge is -2.26. The largest absolute Gasteiger partial charge is 0.393 e. The van der Waals surface area contributed by atoms with Gasteiger partial charge in [0.2, 0.25) is 0 Å². The van der Waals surface area contributed by atoms with E-state index in [-0.39, 0.29) is 6.10 Å². The first-order chi connectivity index (χ1) is 7.31. The summed E-state index contributed by atoms with van der Waals surface area (Å²) in [6.07, 6.45) is 11.9. The van der Waals surface area contributed by atoms with Crippen molar-refractivity contribution in [3.63, 3.8) is 0 Å². The number of hydrogen-bond donors (Lipinski definition) is 1. The Bertz CT molecular complexity index is 190. The lowest BCUT2D eigenvalue weighted by molar-refractivity contribution is 0.0652. The molecule has 0 aromatic heterocycles. The van der Waals surface area contributed by atoms with E-state index in [9.17, 15) is 5.11 Å². The van der Waals surface area contributed by atoms with Gasteiger partial charge in [0.05, 0.1) is 6.10 Å². The average Bonchev–Trinajstić information content (AvgIpc) is 2.85. The van der Waals surface area contributed by atoms with E-state index >= 15 is 0 Å². The van der Waals surface area contributed by atoms with Crippen molar-refractivity contribution in [2.45, 2.75) is 70.8 Å². The van der Waals surface area contributed by atoms with Gasteiger partial charge in [0.1, 0.15) is 0 Å². The van der Waals surface area contributed by atoms with Crippen LogP contribution in [-0.2, 0) is 0 Å². The molecule has 0 spiro atoms. The SMILES string of the molecule is CCCCCCC(O)C1CC2CCC1C2. The van der Waals surface area contributed by atoms with Crippen molar-refractivity contribution in [3.8, 4) is 0 Å². The molecule has 0 radical (unpaired) electrons. The Balaban J connectivity index is 1.65. The first-order valence-electron chi connectivity index (χ1n) is 6.99. The average molecular weight is 210 g/mol. The van der Waals surface area contributed by atoms with Crippen LogP contribution in [0.5, 0.6) is 0 Å². The highest BCUT2D eigenvalue weighted by molar-refractivity contribution is 4.92. The lowest BCUT2D eigenvalue weighted by Crippen LogP contribution is -2.25. The van der Waals surface area contributed by atoms with Crippen molar-refractivity contribution in [1.29, 1.82) is 0 Å². The van der Waals surface area contributed by atoms with Crippen molar-refractivity contribution < 1.29 is 5.11 Å². The van der Waals surface area contributed by atoms with Gasteiger partial charge < -0.3 is 5.11 Å². The highest BCUT2D eigenvalue weighted by Gasteiger charge is 2.42. The van der Waals surface area contributed by atoms with Gasteiger partial charge in [0.25, 0.3) is 0 Å². The number of fused-ring (bicyclic) bond motifs is 2. The molecule has 88 valence electrons. The molecule has 4 unspecified atom stereocenters. The van der Waals surface area contributed by atoms with Gasteiger partial charge in [-0.3, -0.25) is 0 Å². The fourth-order valence-electron chi connectivity index (χ4n) is 3.76. The molecule has 15 heavy (non-hydrogen) atoms. The van der Waals surface area contributed by atoms with Gasteiger partial charge in [-0.1, -0.05) is 39.0 Å². The second-order valence-corrected chi connectivity index (χ2v) is 5.76. The summed E-state index contributed by atoms with van der Waals surface area (Å²) in [5, 5.41) is 10.2. The van der Waals surface area contributed by atoms with Crippen LogP contribution in [0.15, 0.2) is 0 Å². The maximum atomic E-state index is 10.2. The molecule has 0 heterocycles. The van der Waals surface area contributed by atoms with Crippen LogP contribution in [0.3, 0.4) is 0 Å². The van der Waals surface area contributed by atoms with Crippen molar-refractivity contribution in [2.75, 3.05) is 0 Å². The van der Waals surface area contributed by atoms with Crippen LogP contribution in [0.25, 0.3) is 0 Å². The zero-order chi connectivity index (χ0) is 10.7. The summed E-state index contributed by atoms with van der Waals surface area (Å²) in [7, 11) is 0. The van der Waals surface area contributed by atoms with Crippen molar-refractivity contribution in [3.05, 3.63) is 0 Å². The fraction of sp³-hybridized carbons (Fsp3) is 1.00. The van der Waals surface area contributed by atoms with Gasteiger partial charge in [0.15, 0.2) is 0 Å². The normalized spacial score (nSPS) is 36.0. The summed E-state index contributed by atoms with van der Waals surface area (Å²) in [5.41, 5.74) is 0. The third-order valence-corrected chi connectivity index (χ3v) is 4.64. The van der Waals surface area contributed by atoms with E-state index in [1.807, 2.05) is 0 Å². The van der Waals surface area contributed by atoms with E-state index < -0.39 is 0 Å². The molecule has 2 fully saturated rings. The smallest absolute Gasteiger partial charge is 0.0571 e. The van der Waals surface area contributed by atoms with Crippen LogP contribution in [0.2, 0.25) is 0 Å². The standard InChI is InChI=1S/C14H26O/c1-2-3-4-5-6-14(15)13-10-11-7-8-12(13)9-11/h11-15H,2-10H2,1H3. The monoisotopic (exact) mass is 210 g/mol. The van der Waals surface area contributed by atoms with Crippen LogP contribution < -0.4 is 0 Å². The van der Waals surface area contributed by atoms with Crippen molar-refractivity contribution in [1.82, 2.24) is 0 Å². The fourth-order valence-corrected chi connectivity index (χ4v) is 3.76. The molecule has 0 aliphatic heterocycles. The topological polar surface area (TPSA) is 20.2 Å². The van der Waals surface area contributed by atoms with E-state index in [0.29, 0.717) is 5.92 Å². The Morgan fingerprint density at radius 3 is 2.60 bits per heavy atom. The highest BCUT2D eigenvalue weighted by Crippen LogP contribution is 2.50. The van der Waals surface area contributed by atoms with Crippen LogP contribution in [0, 0.1) is 17.8 Å². The molecule has 4 atom stereocenters. The van der Waals surface area contributed by atoms with Gasteiger partial charge in [-0.05, 0) is 43.4 Å². The van der Waals surface area contributed by atoms with Crippen molar-refractivity contribution >= 4 is 0 Å². The second-order valence-electron chi connectivity index (χ2n) is 5.76. The molecule has 1 heteroatoms. The van der Waals surface area contributed by atoms with Gasteiger partial charge in [-0.2, -0.15) is 0 Å². The van der Waals surface area contributed by atoms with Crippen LogP contribution in [-0.4, -0.2) is 11.2 Å². The summed E-state index contributed by atoms with van der Waals surface area (Å²) < 4.78 is 0. The summed E-state index contributed by atoms with van der Waals surface area (Å²) in [6.45, 7) is 2.24. The molecule has 0 saturated heterocycles. The predicted octanol–water partition coefficient (Wildman–Crippen LogP) is 3.75. The predicted molar refractivity (Wildman–Crippen MR) is 63.7 cm³/mol. The first-order valence-corrected chi connectivity index (χ1v) is 6.99. The molecule has 2 bridgehead atoms. The van der Waals surface area contributed by atoms with Crippen LogP contribution >= 0.6 is 0 Å². The second kappa shape index (κ2) is 5.34. The van der Waals surface area contributed by atoms with Crippen molar-refractivity contribution in [2.24, 2.45) is 17.8 Å². The Labute approximate surface area is 94.3 Å². The minimum atomic E-state index is 0.0251. The molecule has 2 saturated carbocycles. The van der Waals surface area contributed by atoms with Crippen LogP contribution in [0.4, 0.5) is 0 Å². The lowest BCUT2D eigenvalue weighted by atomic mass is 9.83. The maximum absolute atomic E-state index is 10.2. The highest BCUT2D eigenvalue weighted by atomic mass is 16.3. The zero-order valence-electron chi connectivity index (χ0n) is 10.1. The molecule has 2 aliphatic carbocycles. The van der Waals surface area contributed by atoms with Gasteiger partial charge >= 0.3 is 0 Å². The minimum Gasteiger partial charge on any atom is -0.393 e. The van der Waals surface area contributed by atoms with E-state index in [1.165, 1.54) is 51.4 Å². The molecule has 0 aromatic carbocycles. The minimum absolute atomic E-state index is 0.0251.